The molecule has 0 spiro atoms. The first-order valence-electron chi connectivity index (χ1n) is 8.31. The number of thioether (sulfide) groups is 1. The molecule has 0 radical (unpaired) electrons. The van der Waals surface area contributed by atoms with Gasteiger partial charge in [0, 0.05) is 22.6 Å². The molecule has 3 heteroatoms. The molecule has 118 valence electrons. The second-order valence-corrected chi connectivity index (χ2v) is 7.46. The molecule has 1 saturated carbocycles. The van der Waals surface area contributed by atoms with E-state index in [9.17, 15) is 4.39 Å². The quantitative estimate of drug-likeness (QED) is 0.739. The van der Waals surface area contributed by atoms with Crippen molar-refractivity contribution in [2.75, 3.05) is 12.3 Å². The summed E-state index contributed by atoms with van der Waals surface area (Å²) in [6.07, 6.45) is 7.87. The summed E-state index contributed by atoms with van der Waals surface area (Å²) in [4.78, 5) is 0. The summed E-state index contributed by atoms with van der Waals surface area (Å²) in [5.41, 5.74) is 1.98. The van der Waals surface area contributed by atoms with E-state index in [-0.39, 0.29) is 11.9 Å². The molecule has 0 aliphatic heterocycles. The summed E-state index contributed by atoms with van der Waals surface area (Å²) in [6, 6.07) is 5.60. The van der Waals surface area contributed by atoms with Crippen molar-refractivity contribution >= 4 is 11.8 Å². The van der Waals surface area contributed by atoms with E-state index in [0.717, 1.165) is 35.1 Å². The van der Waals surface area contributed by atoms with Crippen LogP contribution in [0.3, 0.4) is 0 Å². The third-order valence-corrected chi connectivity index (χ3v) is 5.69. The molecule has 21 heavy (non-hydrogen) atoms. The Labute approximate surface area is 133 Å². The van der Waals surface area contributed by atoms with Gasteiger partial charge in [0.15, 0.2) is 0 Å². The molecule has 0 heterocycles. The van der Waals surface area contributed by atoms with Gasteiger partial charge in [-0.15, -0.1) is 0 Å². The van der Waals surface area contributed by atoms with Crippen LogP contribution in [0.15, 0.2) is 18.2 Å². The van der Waals surface area contributed by atoms with Gasteiger partial charge in [0.25, 0.3) is 0 Å². The molecule has 1 nitrogen and oxygen atoms in total. The highest BCUT2D eigenvalue weighted by Crippen LogP contribution is 2.31. The van der Waals surface area contributed by atoms with Crippen LogP contribution < -0.4 is 5.32 Å². The molecule has 1 fully saturated rings. The smallest absolute Gasteiger partial charge is 0.128 e. The molecular formula is C18H28FNS. The van der Waals surface area contributed by atoms with Crippen molar-refractivity contribution in [2.45, 2.75) is 63.7 Å². The van der Waals surface area contributed by atoms with Gasteiger partial charge in [-0.1, -0.05) is 43.9 Å². The normalized spacial score (nSPS) is 17.9. The second-order valence-electron chi connectivity index (χ2n) is 6.13. The molecule has 1 N–H and O–H groups in total. The summed E-state index contributed by atoms with van der Waals surface area (Å²) < 4.78 is 14.2. The van der Waals surface area contributed by atoms with Crippen molar-refractivity contribution < 1.29 is 4.39 Å². The van der Waals surface area contributed by atoms with E-state index in [0.29, 0.717) is 0 Å². The van der Waals surface area contributed by atoms with Gasteiger partial charge < -0.3 is 5.32 Å². The fourth-order valence-corrected chi connectivity index (χ4v) is 4.40. The van der Waals surface area contributed by atoms with Crippen LogP contribution in [0.5, 0.6) is 0 Å². The predicted octanol–water partition coefficient (Wildman–Crippen LogP) is 5.24. The predicted molar refractivity (Wildman–Crippen MR) is 91.5 cm³/mol. The van der Waals surface area contributed by atoms with Gasteiger partial charge in [-0.3, -0.25) is 0 Å². The number of halogens is 1. The summed E-state index contributed by atoms with van der Waals surface area (Å²) in [5, 5.41) is 4.31. The summed E-state index contributed by atoms with van der Waals surface area (Å²) >= 11 is 2.04. The minimum Gasteiger partial charge on any atom is -0.309 e. The zero-order chi connectivity index (χ0) is 15.1. The molecular weight excluding hydrogens is 281 g/mol. The molecule has 1 atom stereocenters. The lowest BCUT2D eigenvalue weighted by Gasteiger charge is -2.25. The van der Waals surface area contributed by atoms with Crippen LogP contribution in [0.2, 0.25) is 0 Å². The van der Waals surface area contributed by atoms with Crippen LogP contribution in [0.1, 0.15) is 62.6 Å². The SMILES string of the molecule is CCCNC(CSC1CCCCC1)c1cc(C)ccc1F. The fourth-order valence-electron chi connectivity index (χ4n) is 2.97. The van der Waals surface area contributed by atoms with Gasteiger partial charge in [0.1, 0.15) is 5.82 Å². The van der Waals surface area contributed by atoms with Gasteiger partial charge in [0.05, 0.1) is 0 Å². The van der Waals surface area contributed by atoms with Crippen molar-refractivity contribution in [1.29, 1.82) is 0 Å². The second kappa shape index (κ2) is 8.79. The van der Waals surface area contributed by atoms with Gasteiger partial charge in [-0.2, -0.15) is 11.8 Å². The van der Waals surface area contributed by atoms with E-state index in [4.69, 9.17) is 0 Å². The Bertz CT molecular complexity index is 429. The highest BCUT2D eigenvalue weighted by molar-refractivity contribution is 7.99. The average Bonchev–Trinajstić information content (AvgIpc) is 2.51. The van der Waals surface area contributed by atoms with E-state index in [1.54, 1.807) is 6.07 Å². The molecule has 1 aromatic carbocycles. The molecule has 0 saturated heterocycles. The molecule has 1 unspecified atom stereocenters. The third-order valence-electron chi connectivity index (χ3n) is 4.22. The summed E-state index contributed by atoms with van der Waals surface area (Å²) in [6.45, 7) is 5.14. The molecule has 0 aromatic heterocycles. The lowest BCUT2D eigenvalue weighted by molar-refractivity contribution is 0.510. The number of hydrogen-bond acceptors (Lipinski definition) is 2. The number of hydrogen-bond donors (Lipinski definition) is 1. The van der Waals surface area contributed by atoms with Gasteiger partial charge in [0.2, 0.25) is 0 Å². The molecule has 1 aliphatic carbocycles. The molecule has 1 aliphatic rings. The highest BCUT2D eigenvalue weighted by Gasteiger charge is 2.19. The van der Waals surface area contributed by atoms with Crippen LogP contribution in [-0.2, 0) is 0 Å². The van der Waals surface area contributed by atoms with Crippen LogP contribution in [0, 0.1) is 12.7 Å². The lowest BCUT2D eigenvalue weighted by Crippen LogP contribution is -2.26. The Morgan fingerprint density at radius 1 is 1.29 bits per heavy atom. The zero-order valence-electron chi connectivity index (χ0n) is 13.3. The maximum absolute atomic E-state index is 14.2. The number of benzene rings is 1. The van der Waals surface area contributed by atoms with E-state index in [1.165, 1.54) is 32.1 Å². The minimum atomic E-state index is -0.0709. The van der Waals surface area contributed by atoms with Crippen molar-refractivity contribution in [2.24, 2.45) is 0 Å². The fraction of sp³-hybridized carbons (Fsp3) is 0.667. The Morgan fingerprint density at radius 2 is 2.05 bits per heavy atom. The maximum atomic E-state index is 14.2. The van der Waals surface area contributed by atoms with Crippen LogP contribution in [0.25, 0.3) is 0 Å². The monoisotopic (exact) mass is 309 g/mol. The zero-order valence-corrected chi connectivity index (χ0v) is 14.1. The highest BCUT2D eigenvalue weighted by atomic mass is 32.2. The van der Waals surface area contributed by atoms with Crippen molar-refractivity contribution in [3.05, 3.63) is 35.1 Å². The Kier molecular flexibility index (Phi) is 7.05. The molecule has 0 bridgehead atoms. The minimum absolute atomic E-state index is 0.0709. The number of nitrogens with one attached hydrogen (secondary N) is 1. The topological polar surface area (TPSA) is 12.0 Å². The first kappa shape index (κ1) is 16.8. The Balaban J connectivity index is 2.00. The first-order chi connectivity index (χ1) is 10.2. The van der Waals surface area contributed by atoms with Crippen LogP contribution in [0.4, 0.5) is 4.39 Å². The van der Waals surface area contributed by atoms with E-state index >= 15 is 0 Å². The largest absolute Gasteiger partial charge is 0.309 e. The van der Waals surface area contributed by atoms with Gasteiger partial charge >= 0.3 is 0 Å². The number of aryl methyl sites for hydroxylation is 1. The van der Waals surface area contributed by atoms with Crippen LogP contribution >= 0.6 is 11.8 Å². The number of rotatable bonds is 7. The lowest BCUT2D eigenvalue weighted by atomic mass is 10.0. The van der Waals surface area contributed by atoms with E-state index in [2.05, 4.69) is 12.2 Å². The standard InChI is InChI=1S/C18H28FNS/c1-3-11-20-18(13-21-15-7-5-4-6-8-15)16-12-14(2)9-10-17(16)19/h9-10,12,15,18,20H,3-8,11,13H2,1-2H3. The summed E-state index contributed by atoms with van der Waals surface area (Å²) in [7, 11) is 0. The first-order valence-corrected chi connectivity index (χ1v) is 9.36. The summed E-state index contributed by atoms with van der Waals surface area (Å²) in [5.74, 6) is 0.906. The maximum Gasteiger partial charge on any atom is 0.128 e. The Morgan fingerprint density at radius 3 is 2.76 bits per heavy atom. The molecule has 2 rings (SSSR count). The van der Waals surface area contributed by atoms with Gasteiger partial charge in [-0.25, -0.2) is 4.39 Å². The van der Waals surface area contributed by atoms with E-state index < -0.39 is 0 Å². The van der Waals surface area contributed by atoms with Crippen molar-refractivity contribution in [1.82, 2.24) is 5.32 Å². The Hall–Kier alpha value is -0.540. The third kappa shape index (κ3) is 5.30. The van der Waals surface area contributed by atoms with Crippen LogP contribution in [-0.4, -0.2) is 17.5 Å². The average molecular weight is 309 g/mol. The van der Waals surface area contributed by atoms with Crippen molar-refractivity contribution in [3.8, 4) is 0 Å². The molecule has 1 aromatic rings. The van der Waals surface area contributed by atoms with Gasteiger partial charge in [-0.05, 0) is 38.8 Å². The van der Waals surface area contributed by atoms with E-state index in [1.807, 2.05) is 30.8 Å². The van der Waals surface area contributed by atoms with Crippen molar-refractivity contribution in [3.63, 3.8) is 0 Å². The molecule has 0 amide bonds.